The van der Waals surface area contributed by atoms with Gasteiger partial charge in [-0.2, -0.15) is 0 Å². The van der Waals surface area contributed by atoms with Crippen molar-refractivity contribution in [2.75, 3.05) is 0 Å². The number of aromatic amines is 1. The molecule has 0 amide bonds. The molecular weight excluding hydrogens is 298 g/mol. The van der Waals surface area contributed by atoms with Crippen molar-refractivity contribution in [2.24, 2.45) is 0 Å². The van der Waals surface area contributed by atoms with Crippen molar-refractivity contribution in [3.05, 3.63) is 87.8 Å². The molecule has 3 nitrogen and oxygen atoms in total. The summed E-state index contributed by atoms with van der Waals surface area (Å²) < 4.78 is 5.91. The third-order valence-electron chi connectivity index (χ3n) is 3.29. The Labute approximate surface area is 133 Å². The molecule has 0 unspecified atom stereocenters. The van der Waals surface area contributed by atoms with Crippen LogP contribution in [0.15, 0.2) is 71.7 Å². The van der Waals surface area contributed by atoms with Crippen molar-refractivity contribution in [3.8, 4) is 16.9 Å². The van der Waals surface area contributed by atoms with Crippen LogP contribution in [0.1, 0.15) is 5.56 Å². The van der Waals surface area contributed by atoms with Gasteiger partial charge < -0.3 is 9.72 Å². The Kier molecular flexibility index (Phi) is 4.26. The molecule has 0 radical (unpaired) electrons. The van der Waals surface area contributed by atoms with Crippen molar-refractivity contribution in [1.29, 1.82) is 0 Å². The van der Waals surface area contributed by atoms with Crippen LogP contribution in [0.5, 0.6) is 5.75 Å². The van der Waals surface area contributed by atoms with E-state index in [1.807, 2.05) is 54.6 Å². The normalized spacial score (nSPS) is 10.4. The fraction of sp³-hybridized carbons (Fsp3) is 0.0556. The van der Waals surface area contributed by atoms with Crippen LogP contribution < -0.4 is 10.3 Å². The van der Waals surface area contributed by atoms with E-state index in [0.29, 0.717) is 6.61 Å². The molecule has 0 bridgehead atoms. The lowest BCUT2D eigenvalue weighted by Crippen LogP contribution is -2.05. The van der Waals surface area contributed by atoms with Gasteiger partial charge >= 0.3 is 0 Å². The molecule has 3 aromatic rings. The van der Waals surface area contributed by atoms with Gasteiger partial charge in [0, 0.05) is 17.3 Å². The monoisotopic (exact) mass is 311 g/mol. The Morgan fingerprint density at radius 2 is 1.73 bits per heavy atom. The summed E-state index contributed by atoms with van der Waals surface area (Å²) in [5, 5.41) is 0.162. The summed E-state index contributed by atoms with van der Waals surface area (Å²) in [7, 11) is 0. The van der Waals surface area contributed by atoms with Gasteiger partial charge in [-0.05, 0) is 17.7 Å². The van der Waals surface area contributed by atoms with E-state index in [2.05, 4.69) is 4.98 Å². The van der Waals surface area contributed by atoms with Crippen LogP contribution >= 0.6 is 11.6 Å². The molecule has 3 rings (SSSR count). The zero-order valence-electron chi connectivity index (χ0n) is 11.8. The zero-order valence-corrected chi connectivity index (χ0v) is 12.5. The first kappa shape index (κ1) is 14.4. The summed E-state index contributed by atoms with van der Waals surface area (Å²) in [6.07, 6.45) is 1.64. The van der Waals surface area contributed by atoms with Gasteiger partial charge in [-0.1, -0.05) is 60.1 Å². The lowest BCUT2D eigenvalue weighted by Gasteiger charge is -2.11. The Bertz CT molecular complexity index is 828. The second-order valence-electron chi connectivity index (χ2n) is 4.84. The number of nitrogens with one attached hydrogen (secondary N) is 1. The maximum atomic E-state index is 11.4. The molecular formula is C18H14ClNO2. The van der Waals surface area contributed by atoms with E-state index in [0.717, 1.165) is 22.4 Å². The first-order valence-electron chi connectivity index (χ1n) is 6.88. The van der Waals surface area contributed by atoms with Gasteiger partial charge in [-0.25, -0.2) is 0 Å². The topological polar surface area (TPSA) is 42.1 Å². The minimum absolute atomic E-state index is 0.162. The van der Waals surface area contributed by atoms with Crippen molar-refractivity contribution < 1.29 is 4.74 Å². The summed E-state index contributed by atoms with van der Waals surface area (Å²) in [5.74, 6) is 0.745. The highest BCUT2D eigenvalue weighted by atomic mass is 35.5. The molecule has 1 heterocycles. The Morgan fingerprint density at radius 1 is 1.00 bits per heavy atom. The second-order valence-corrected chi connectivity index (χ2v) is 5.24. The molecule has 0 saturated carbocycles. The number of halogens is 1. The van der Waals surface area contributed by atoms with Gasteiger partial charge in [0.15, 0.2) is 0 Å². The molecule has 0 aliphatic heterocycles. The highest BCUT2D eigenvalue weighted by Gasteiger charge is 2.08. The summed E-state index contributed by atoms with van der Waals surface area (Å²) in [6.45, 7) is 0.481. The number of hydrogen-bond acceptors (Lipinski definition) is 2. The predicted octanol–water partition coefficient (Wildman–Crippen LogP) is 4.27. The average molecular weight is 312 g/mol. The standard InChI is InChI=1S/C18H14ClNO2/c19-16-10-14(11-20-18(16)21)15-8-4-5-9-17(15)22-12-13-6-2-1-3-7-13/h1-11H,12H2,(H,20,21). The molecule has 0 aliphatic carbocycles. The second kappa shape index (κ2) is 6.50. The molecule has 0 spiro atoms. The lowest BCUT2D eigenvalue weighted by atomic mass is 10.1. The highest BCUT2D eigenvalue weighted by molar-refractivity contribution is 6.30. The fourth-order valence-electron chi connectivity index (χ4n) is 2.18. The van der Waals surface area contributed by atoms with E-state index >= 15 is 0 Å². The summed E-state index contributed by atoms with van der Waals surface area (Å²) >= 11 is 5.90. The largest absolute Gasteiger partial charge is 0.488 e. The molecule has 1 aromatic heterocycles. The molecule has 0 aliphatic rings. The molecule has 0 fully saturated rings. The van der Waals surface area contributed by atoms with Gasteiger partial charge in [-0.3, -0.25) is 4.79 Å². The minimum Gasteiger partial charge on any atom is -0.488 e. The number of benzene rings is 2. The van der Waals surface area contributed by atoms with Crippen LogP contribution in [-0.2, 0) is 6.61 Å². The zero-order chi connectivity index (χ0) is 15.4. The molecule has 4 heteroatoms. The fourth-order valence-corrected chi connectivity index (χ4v) is 2.35. The number of rotatable bonds is 4. The van der Waals surface area contributed by atoms with Crippen molar-refractivity contribution in [3.63, 3.8) is 0 Å². The van der Waals surface area contributed by atoms with Crippen molar-refractivity contribution >= 4 is 11.6 Å². The molecule has 110 valence electrons. The van der Waals surface area contributed by atoms with Crippen molar-refractivity contribution in [2.45, 2.75) is 6.61 Å². The Balaban J connectivity index is 1.89. The van der Waals surface area contributed by atoms with Crippen LogP contribution in [0.2, 0.25) is 5.02 Å². The molecule has 2 aromatic carbocycles. The van der Waals surface area contributed by atoms with E-state index in [4.69, 9.17) is 16.3 Å². The van der Waals surface area contributed by atoms with Crippen molar-refractivity contribution in [1.82, 2.24) is 4.98 Å². The van der Waals surface area contributed by atoms with Crippen LogP contribution in [0.3, 0.4) is 0 Å². The van der Waals surface area contributed by atoms with E-state index in [1.54, 1.807) is 12.3 Å². The van der Waals surface area contributed by atoms with Crippen LogP contribution in [-0.4, -0.2) is 4.98 Å². The van der Waals surface area contributed by atoms with E-state index in [9.17, 15) is 4.79 Å². The number of aromatic nitrogens is 1. The highest BCUT2D eigenvalue weighted by Crippen LogP contribution is 2.30. The third kappa shape index (κ3) is 3.21. The average Bonchev–Trinajstić information content (AvgIpc) is 2.57. The molecule has 22 heavy (non-hydrogen) atoms. The lowest BCUT2D eigenvalue weighted by molar-refractivity contribution is 0.307. The maximum Gasteiger partial charge on any atom is 0.266 e. The number of H-pyrrole nitrogens is 1. The smallest absolute Gasteiger partial charge is 0.266 e. The first-order valence-corrected chi connectivity index (χ1v) is 7.26. The van der Waals surface area contributed by atoms with Gasteiger partial charge in [0.25, 0.3) is 5.56 Å². The Hall–Kier alpha value is -2.52. The quantitative estimate of drug-likeness (QED) is 0.781. The van der Waals surface area contributed by atoms with Gasteiger partial charge in [-0.15, -0.1) is 0 Å². The summed E-state index contributed by atoms with van der Waals surface area (Å²) in [6, 6.07) is 19.3. The van der Waals surface area contributed by atoms with E-state index in [-0.39, 0.29) is 10.6 Å². The van der Waals surface area contributed by atoms with Crippen LogP contribution in [0.4, 0.5) is 0 Å². The third-order valence-corrected chi connectivity index (χ3v) is 3.57. The molecule has 0 saturated heterocycles. The van der Waals surface area contributed by atoms with E-state index < -0.39 is 0 Å². The SMILES string of the molecule is O=c1[nH]cc(-c2ccccc2OCc2ccccc2)cc1Cl. The Morgan fingerprint density at radius 3 is 2.50 bits per heavy atom. The molecule has 0 atom stereocenters. The van der Waals surface area contributed by atoms with Crippen LogP contribution in [0, 0.1) is 0 Å². The number of para-hydroxylation sites is 1. The minimum atomic E-state index is -0.298. The first-order chi connectivity index (χ1) is 10.7. The number of ether oxygens (including phenoxy) is 1. The van der Waals surface area contributed by atoms with Crippen LogP contribution in [0.25, 0.3) is 11.1 Å². The molecule has 1 N–H and O–H groups in total. The summed E-state index contributed by atoms with van der Waals surface area (Å²) in [4.78, 5) is 14.0. The van der Waals surface area contributed by atoms with Gasteiger partial charge in [0.05, 0.1) is 0 Å². The summed E-state index contributed by atoms with van der Waals surface area (Å²) in [5.41, 5.74) is 2.50. The number of pyridine rings is 1. The van der Waals surface area contributed by atoms with Gasteiger partial charge in [0.2, 0.25) is 0 Å². The van der Waals surface area contributed by atoms with E-state index in [1.165, 1.54) is 0 Å². The number of hydrogen-bond donors (Lipinski definition) is 1. The maximum absolute atomic E-state index is 11.4. The predicted molar refractivity (Wildman–Crippen MR) is 88.3 cm³/mol. The van der Waals surface area contributed by atoms with Gasteiger partial charge in [0.1, 0.15) is 17.4 Å².